The molecule has 2 N–H and O–H groups in total. The Hall–Kier alpha value is -2.61. The van der Waals surface area contributed by atoms with Crippen LogP contribution in [0.2, 0.25) is 0 Å². The Labute approximate surface area is 178 Å². The Morgan fingerprint density at radius 3 is 2.33 bits per heavy atom. The molecule has 2 aromatic rings. The predicted molar refractivity (Wildman–Crippen MR) is 119 cm³/mol. The summed E-state index contributed by atoms with van der Waals surface area (Å²) in [6.07, 6.45) is 1.16. The second-order valence-electron chi connectivity index (χ2n) is 7.61. The summed E-state index contributed by atoms with van der Waals surface area (Å²) in [5, 5.41) is 6.30. The largest absolute Gasteiger partial charge is 0.493 e. The molecule has 8 heteroatoms. The zero-order chi connectivity index (χ0) is 22.1. The Morgan fingerprint density at radius 2 is 1.73 bits per heavy atom. The molecule has 0 aromatic heterocycles. The summed E-state index contributed by atoms with van der Waals surface area (Å²) in [5.41, 5.74) is 2.20. The summed E-state index contributed by atoms with van der Waals surface area (Å²) in [5.74, 6) is 1.29. The number of nitrogens with zero attached hydrogens (tertiary/aromatic N) is 1. The van der Waals surface area contributed by atoms with Crippen molar-refractivity contribution < 1.29 is 17.5 Å². The van der Waals surface area contributed by atoms with Crippen LogP contribution in [-0.4, -0.2) is 34.3 Å². The minimum absolute atomic E-state index is 0.137. The fourth-order valence-corrected chi connectivity index (χ4v) is 3.58. The molecule has 2 aromatic carbocycles. The molecule has 0 aliphatic heterocycles. The lowest BCUT2D eigenvalue weighted by molar-refractivity contribution is 0.271. The minimum atomic E-state index is -3.22. The van der Waals surface area contributed by atoms with E-state index in [1.54, 1.807) is 7.05 Å². The van der Waals surface area contributed by atoms with Crippen molar-refractivity contribution in [2.24, 2.45) is 10.9 Å². The number of sulfone groups is 1. The first-order valence-corrected chi connectivity index (χ1v) is 11.8. The van der Waals surface area contributed by atoms with Crippen LogP contribution in [0.25, 0.3) is 0 Å². The highest BCUT2D eigenvalue weighted by molar-refractivity contribution is 7.89. The molecule has 30 heavy (non-hydrogen) atoms. The van der Waals surface area contributed by atoms with Gasteiger partial charge in [0, 0.05) is 26.4 Å². The van der Waals surface area contributed by atoms with Gasteiger partial charge in [0.1, 0.15) is 11.6 Å². The number of rotatable bonds is 9. The molecule has 0 fully saturated rings. The maximum Gasteiger partial charge on any atom is 0.191 e. The van der Waals surface area contributed by atoms with Gasteiger partial charge in [-0.05, 0) is 46.9 Å². The van der Waals surface area contributed by atoms with Crippen LogP contribution >= 0.6 is 0 Å². The van der Waals surface area contributed by atoms with Crippen LogP contribution in [0.15, 0.2) is 47.5 Å². The predicted octanol–water partition coefficient (Wildman–Crippen LogP) is 3.27. The normalized spacial score (nSPS) is 12.1. The third-order valence-corrected chi connectivity index (χ3v) is 5.06. The van der Waals surface area contributed by atoms with Gasteiger partial charge in [-0.2, -0.15) is 0 Å². The number of guanidine groups is 1. The average molecular weight is 436 g/mol. The Morgan fingerprint density at radius 1 is 1.07 bits per heavy atom. The SMILES string of the molecule is CN=C(NCc1ccc(OCC(C)C)cc1)NCc1cc(F)ccc1CS(C)(=O)=O. The van der Waals surface area contributed by atoms with Crippen molar-refractivity contribution in [2.75, 3.05) is 19.9 Å². The molecule has 6 nitrogen and oxygen atoms in total. The Balaban J connectivity index is 1.93. The topological polar surface area (TPSA) is 79.8 Å². The van der Waals surface area contributed by atoms with Gasteiger partial charge < -0.3 is 15.4 Å². The molecule has 0 atom stereocenters. The fraction of sp³-hybridized carbons (Fsp3) is 0.409. The zero-order valence-corrected chi connectivity index (χ0v) is 18.7. The second kappa shape index (κ2) is 11.0. The van der Waals surface area contributed by atoms with Crippen molar-refractivity contribution >= 4 is 15.8 Å². The van der Waals surface area contributed by atoms with Crippen LogP contribution in [0, 0.1) is 11.7 Å². The molecule has 2 rings (SSSR count). The van der Waals surface area contributed by atoms with Crippen LogP contribution in [0.3, 0.4) is 0 Å². The molecule has 0 radical (unpaired) electrons. The maximum atomic E-state index is 13.7. The molecular weight excluding hydrogens is 405 g/mol. The molecular formula is C22H30FN3O3S. The lowest BCUT2D eigenvalue weighted by Gasteiger charge is -2.15. The second-order valence-corrected chi connectivity index (χ2v) is 9.75. The van der Waals surface area contributed by atoms with Crippen LogP contribution < -0.4 is 15.4 Å². The number of benzene rings is 2. The van der Waals surface area contributed by atoms with Crippen LogP contribution in [0.5, 0.6) is 5.75 Å². The van der Waals surface area contributed by atoms with Crippen molar-refractivity contribution in [3.63, 3.8) is 0 Å². The van der Waals surface area contributed by atoms with E-state index in [-0.39, 0.29) is 12.3 Å². The highest BCUT2D eigenvalue weighted by atomic mass is 32.2. The molecule has 0 amide bonds. The van der Waals surface area contributed by atoms with Crippen molar-refractivity contribution in [3.05, 3.63) is 65.0 Å². The van der Waals surface area contributed by atoms with Crippen LogP contribution in [0.4, 0.5) is 4.39 Å². The molecule has 0 saturated heterocycles. The third kappa shape index (κ3) is 8.41. The molecule has 0 bridgehead atoms. The Kier molecular flexibility index (Phi) is 8.65. The molecule has 0 aliphatic rings. The number of nitrogens with one attached hydrogen (secondary N) is 2. The zero-order valence-electron chi connectivity index (χ0n) is 17.9. The summed E-state index contributed by atoms with van der Waals surface area (Å²) in [7, 11) is -1.58. The van der Waals surface area contributed by atoms with E-state index in [0.717, 1.165) is 17.6 Å². The average Bonchev–Trinajstić information content (AvgIpc) is 2.68. The first kappa shape index (κ1) is 23.7. The van der Waals surface area contributed by atoms with Crippen LogP contribution in [0.1, 0.15) is 30.5 Å². The molecule has 0 aliphatic carbocycles. The standard InChI is InChI=1S/C22H30FN3O3S/c1-16(2)14-29-21-9-5-17(6-10-21)12-25-22(24-3)26-13-19-11-20(23)8-7-18(19)15-30(4,27)28/h5-11,16H,12-15H2,1-4H3,(H2,24,25,26). The number of halogens is 1. The van der Waals surface area contributed by atoms with Gasteiger partial charge in [-0.3, -0.25) is 4.99 Å². The molecule has 0 spiro atoms. The van der Waals surface area contributed by atoms with Gasteiger partial charge in [0.15, 0.2) is 15.8 Å². The quantitative estimate of drug-likeness (QED) is 0.467. The van der Waals surface area contributed by atoms with Gasteiger partial charge in [-0.1, -0.05) is 32.0 Å². The lowest BCUT2D eigenvalue weighted by atomic mass is 10.1. The van der Waals surface area contributed by atoms with E-state index in [1.165, 1.54) is 18.2 Å². The van der Waals surface area contributed by atoms with Gasteiger partial charge >= 0.3 is 0 Å². The summed E-state index contributed by atoms with van der Waals surface area (Å²) >= 11 is 0. The minimum Gasteiger partial charge on any atom is -0.493 e. The van der Waals surface area contributed by atoms with Gasteiger partial charge in [-0.25, -0.2) is 12.8 Å². The van der Waals surface area contributed by atoms with Gasteiger partial charge in [0.05, 0.1) is 12.4 Å². The van der Waals surface area contributed by atoms with Crippen molar-refractivity contribution in [2.45, 2.75) is 32.7 Å². The van der Waals surface area contributed by atoms with Crippen molar-refractivity contribution in [1.82, 2.24) is 10.6 Å². The van der Waals surface area contributed by atoms with E-state index < -0.39 is 15.7 Å². The van der Waals surface area contributed by atoms with E-state index in [2.05, 4.69) is 29.5 Å². The maximum absolute atomic E-state index is 13.7. The summed E-state index contributed by atoms with van der Waals surface area (Å²) < 4.78 is 42.6. The number of hydrogen-bond donors (Lipinski definition) is 2. The van der Waals surface area contributed by atoms with E-state index >= 15 is 0 Å². The highest BCUT2D eigenvalue weighted by Crippen LogP contribution is 2.15. The number of ether oxygens (including phenoxy) is 1. The number of hydrogen-bond acceptors (Lipinski definition) is 4. The first-order valence-electron chi connectivity index (χ1n) is 9.77. The molecule has 0 heterocycles. The summed E-state index contributed by atoms with van der Waals surface area (Å²) in [6, 6.07) is 11.9. The highest BCUT2D eigenvalue weighted by Gasteiger charge is 2.11. The smallest absolute Gasteiger partial charge is 0.191 e. The van der Waals surface area contributed by atoms with E-state index in [1.807, 2.05) is 24.3 Å². The monoisotopic (exact) mass is 435 g/mol. The third-order valence-electron chi connectivity index (χ3n) is 4.22. The van der Waals surface area contributed by atoms with E-state index in [9.17, 15) is 12.8 Å². The van der Waals surface area contributed by atoms with Gasteiger partial charge in [0.2, 0.25) is 0 Å². The molecule has 0 unspecified atom stereocenters. The van der Waals surface area contributed by atoms with Crippen LogP contribution in [-0.2, 0) is 28.7 Å². The van der Waals surface area contributed by atoms with Crippen molar-refractivity contribution in [1.29, 1.82) is 0 Å². The van der Waals surface area contributed by atoms with E-state index in [0.29, 0.717) is 36.2 Å². The van der Waals surface area contributed by atoms with Gasteiger partial charge in [0.25, 0.3) is 0 Å². The van der Waals surface area contributed by atoms with Crippen molar-refractivity contribution in [3.8, 4) is 5.75 Å². The molecule has 164 valence electrons. The summed E-state index contributed by atoms with van der Waals surface area (Å²) in [4.78, 5) is 4.17. The first-order chi connectivity index (χ1) is 14.2. The van der Waals surface area contributed by atoms with Gasteiger partial charge in [-0.15, -0.1) is 0 Å². The molecule has 0 saturated carbocycles. The Bertz CT molecular complexity index is 958. The lowest BCUT2D eigenvalue weighted by Crippen LogP contribution is -2.36. The van der Waals surface area contributed by atoms with E-state index in [4.69, 9.17) is 4.74 Å². The number of aliphatic imine (C=N–C) groups is 1. The summed E-state index contributed by atoms with van der Waals surface area (Å²) in [6.45, 7) is 5.68. The fourth-order valence-electron chi connectivity index (χ4n) is 2.73.